The van der Waals surface area contributed by atoms with Gasteiger partial charge in [0, 0.05) is 13.1 Å². The van der Waals surface area contributed by atoms with Crippen molar-refractivity contribution in [3.63, 3.8) is 0 Å². The standard InChI is InChI=1S/C24H34FN3OS/c1-27(15-22(29)24-12-16-8-17(13-24)10-18(9-16)14-24)6-2-3-7-28-20-5-4-19(25)11-21(20)30-23(28)26/h4-5,11,16-18,22,26,29H,2-3,6-10,12-15H2,1H3. The maximum Gasteiger partial charge on any atom is 0.182 e. The Morgan fingerprint density at radius 3 is 2.53 bits per heavy atom. The predicted octanol–water partition coefficient (Wildman–Crippen LogP) is 4.61. The number of nitrogens with one attached hydrogen (secondary N) is 1. The molecule has 0 aliphatic heterocycles. The number of nitrogens with zero attached hydrogens (tertiary/aromatic N) is 2. The summed E-state index contributed by atoms with van der Waals surface area (Å²) in [5.41, 5.74) is 1.15. The van der Waals surface area contributed by atoms with E-state index in [0.29, 0.717) is 4.80 Å². The molecule has 1 heterocycles. The van der Waals surface area contributed by atoms with Crippen LogP contribution in [0.3, 0.4) is 0 Å². The quantitative estimate of drug-likeness (QED) is 0.600. The number of thiazole rings is 1. The number of rotatable bonds is 8. The smallest absolute Gasteiger partial charge is 0.182 e. The van der Waals surface area contributed by atoms with Crippen molar-refractivity contribution in [1.82, 2.24) is 9.47 Å². The number of halogens is 1. The van der Waals surface area contributed by atoms with Gasteiger partial charge in [-0.25, -0.2) is 4.39 Å². The van der Waals surface area contributed by atoms with E-state index in [1.54, 1.807) is 6.07 Å². The van der Waals surface area contributed by atoms with Crippen molar-refractivity contribution >= 4 is 21.6 Å². The van der Waals surface area contributed by atoms with E-state index in [-0.39, 0.29) is 17.3 Å². The first-order chi connectivity index (χ1) is 14.4. The van der Waals surface area contributed by atoms with Crippen LogP contribution in [-0.4, -0.2) is 40.8 Å². The Balaban J connectivity index is 1.12. The van der Waals surface area contributed by atoms with Gasteiger partial charge in [0.25, 0.3) is 0 Å². The van der Waals surface area contributed by atoms with Gasteiger partial charge in [0.15, 0.2) is 4.80 Å². The van der Waals surface area contributed by atoms with Crippen LogP contribution in [0, 0.1) is 34.4 Å². The Bertz CT molecular complexity index is 932. The van der Waals surface area contributed by atoms with Crippen LogP contribution >= 0.6 is 11.3 Å². The number of aliphatic hydroxyl groups excluding tert-OH is 1. The van der Waals surface area contributed by atoms with E-state index in [1.165, 1.54) is 62.0 Å². The first-order valence-electron chi connectivity index (χ1n) is 11.6. The summed E-state index contributed by atoms with van der Waals surface area (Å²) in [5.74, 6) is 2.39. The van der Waals surface area contributed by atoms with E-state index < -0.39 is 0 Å². The highest BCUT2D eigenvalue weighted by atomic mass is 32.1. The average Bonchev–Trinajstić information content (AvgIpc) is 2.98. The molecule has 4 saturated carbocycles. The van der Waals surface area contributed by atoms with Crippen LogP contribution in [0.4, 0.5) is 4.39 Å². The van der Waals surface area contributed by atoms with E-state index in [9.17, 15) is 9.50 Å². The lowest BCUT2D eigenvalue weighted by Crippen LogP contribution is -2.54. The number of hydrogen-bond donors (Lipinski definition) is 2. The largest absolute Gasteiger partial charge is 0.391 e. The summed E-state index contributed by atoms with van der Waals surface area (Å²) in [6.07, 6.45) is 9.84. The summed E-state index contributed by atoms with van der Waals surface area (Å²) in [5, 5.41) is 19.4. The van der Waals surface area contributed by atoms with Gasteiger partial charge in [0.05, 0.1) is 16.3 Å². The van der Waals surface area contributed by atoms with Gasteiger partial charge >= 0.3 is 0 Å². The van der Waals surface area contributed by atoms with Crippen molar-refractivity contribution in [2.45, 2.75) is 64.0 Å². The third-order valence-corrected chi connectivity index (χ3v) is 9.07. The van der Waals surface area contributed by atoms with E-state index in [4.69, 9.17) is 5.41 Å². The highest BCUT2D eigenvalue weighted by Gasteiger charge is 2.53. The molecular weight excluding hydrogens is 397 g/mol. The van der Waals surface area contributed by atoms with Crippen LogP contribution in [0.25, 0.3) is 10.2 Å². The van der Waals surface area contributed by atoms with E-state index in [1.807, 2.05) is 4.57 Å². The van der Waals surface area contributed by atoms with Gasteiger partial charge in [0.2, 0.25) is 0 Å². The number of hydrogen-bond acceptors (Lipinski definition) is 4. The molecule has 0 radical (unpaired) electrons. The van der Waals surface area contributed by atoms with Gasteiger partial charge in [-0.15, -0.1) is 0 Å². The van der Waals surface area contributed by atoms with Crippen molar-refractivity contribution in [1.29, 1.82) is 5.41 Å². The molecule has 6 heteroatoms. The fourth-order valence-corrected chi connectivity index (χ4v) is 8.06. The minimum Gasteiger partial charge on any atom is -0.391 e. The topological polar surface area (TPSA) is 52.2 Å². The second-order valence-electron chi connectivity index (χ2n) is 10.4. The summed E-state index contributed by atoms with van der Waals surface area (Å²) >= 11 is 1.34. The molecule has 0 amide bonds. The van der Waals surface area contributed by atoms with E-state index in [2.05, 4.69) is 11.9 Å². The molecule has 4 bridgehead atoms. The zero-order chi connectivity index (χ0) is 20.9. The Morgan fingerprint density at radius 1 is 1.20 bits per heavy atom. The molecule has 1 aromatic heterocycles. The molecule has 0 saturated heterocycles. The van der Waals surface area contributed by atoms with Gasteiger partial charge in [0.1, 0.15) is 5.82 Å². The van der Waals surface area contributed by atoms with Crippen LogP contribution in [-0.2, 0) is 6.54 Å². The molecule has 4 aliphatic rings. The molecule has 1 unspecified atom stereocenters. The SMILES string of the molecule is CN(CCCCn1c(=N)sc2cc(F)ccc21)CC(O)C12CC3CC(CC(C3)C1)C2. The van der Waals surface area contributed by atoms with Gasteiger partial charge in [-0.05, 0) is 106 Å². The molecule has 1 atom stereocenters. The average molecular weight is 432 g/mol. The Hall–Kier alpha value is -1.24. The van der Waals surface area contributed by atoms with Crippen LogP contribution < -0.4 is 4.80 Å². The lowest BCUT2D eigenvalue weighted by Gasteiger charge is -2.58. The van der Waals surface area contributed by atoms with E-state index in [0.717, 1.165) is 60.4 Å². The van der Waals surface area contributed by atoms with Crippen LogP contribution in [0.2, 0.25) is 0 Å². The molecule has 4 aliphatic carbocycles. The minimum absolute atomic E-state index is 0.194. The highest BCUT2D eigenvalue weighted by molar-refractivity contribution is 7.16. The monoisotopic (exact) mass is 431 g/mol. The molecule has 30 heavy (non-hydrogen) atoms. The molecule has 1 aromatic carbocycles. The number of unbranched alkanes of at least 4 members (excludes halogenated alkanes) is 1. The zero-order valence-corrected chi connectivity index (χ0v) is 18.8. The third-order valence-electron chi connectivity index (χ3n) is 8.11. The molecule has 4 nitrogen and oxygen atoms in total. The number of aliphatic hydroxyl groups is 1. The van der Waals surface area contributed by atoms with Gasteiger partial charge in [-0.1, -0.05) is 11.3 Å². The number of benzene rings is 1. The first-order valence-corrected chi connectivity index (χ1v) is 12.4. The highest BCUT2D eigenvalue weighted by Crippen LogP contribution is 2.61. The van der Waals surface area contributed by atoms with Gasteiger partial charge in [-0.3, -0.25) is 5.41 Å². The number of likely N-dealkylation sites (N-methyl/N-ethyl adjacent to an activating group) is 1. The van der Waals surface area contributed by atoms with Gasteiger partial charge < -0.3 is 14.6 Å². The molecule has 6 rings (SSSR count). The number of aryl methyl sites for hydroxylation is 1. The molecule has 164 valence electrons. The predicted molar refractivity (Wildman–Crippen MR) is 119 cm³/mol. The summed E-state index contributed by atoms with van der Waals surface area (Å²) in [6.45, 7) is 2.54. The maximum atomic E-state index is 13.4. The van der Waals surface area contributed by atoms with Crippen LogP contribution in [0.1, 0.15) is 51.4 Å². The Labute approximate surface area is 182 Å². The van der Waals surface area contributed by atoms with Crippen molar-refractivity contribution in [3.8, 4) is 0 Å². The fourth-order valence-electron chi connectivity index (χ4n) is 7.10. The second-order valence-corrected chi connectivity index (χ2v) is 11.5. The summed E-state index contributed by atoms with van der Waals surface area (Å²) in [6, 6.07) is 4.78. The van der Waals surface area contributed by atoms with Crippen LogP contribution in [0.15, 0.2) is 18.2 Å². The third kappa shape index (κ3) is 3.87. The van der Waals surface area contributed by atoms with E-state index >= 15 is 0 Å². The van der Waals surface area contributed by atoms with Crippen LogP contribution in [0.5, 0.6) is 0 Å². The molecule has 2 N–H and O–H groups in total. The maximum absolute atomic E-state index is 13.4. The summed E-state index contributed by atoms with van der Waals surface area (Å²) in [4.78, 5) is 2.79. The van der Waals surface area contributed by atoms with Gasteiger partial charge in [-0.2, -0.15) is 0 Å². The van der Waals surface area contributed by atoms with Crippen molar-refractivity contribution in [2.24, 2.45) is 23.2 Å². The van der Waals surface area contributed by atoms with Crippen molar-refractivity contribution in [2.75, 3.05) is 20.1 Å². The second kappa shape index (κ2) is 8.03. The van der Waals surface area contributed by atoms with Crippen molar-refractivity contribution in [3.05, 3.63) is 28.8 Å². The zero-order valence-electron chi connectivity index (χ0n) is 17.9. The van der Waals surface area contributed by atoms with Crippen molar-refractivity contribution < 1.29 is 9.50 Å². The molecule has 2 aromatic rings. The Kier molecular flexibility index (Phi) is 5.53. The lowest BCUT2D eigenvalue weighted by molar-refractivity contribution is -0.125. The normalized spacial score (nSPS) is 31.1. The number of aromatic nitrogens is 1. The first kappa shape index (κ1) is 20.7. The Morgan fingerprint density at radius 2 is 1.87 bits per heavy atom. The molecule has 4 fully saturated rings. The summed E-state index contributed by atoms with van der Waals surface area (Å²) in [7, 11) is 2.13. The minimum atomic E-state index is -0.241. The molecular formula is C24H34FN3OS. The number of fused-ring (bicyclic) bond motifs is 1. The summed E-state index contributed by atoms with van der Waals surface area (Å²) < 4.78 is 16.3. The lowest BCUT2D eigenvalue weighted by atomic mass is 9.48. The molecule has 0 spiro atoms. The fraction of sp³-hybridized carbons (Fsp3) is 0.708.